The molecule has 10 heteroatoms. The molecule has 2 aromatic rings. The molecule has 2 N–H and O–H groups in total. The van der Waals surface area contributed by atoms with E-state index in [1.54, 1.807) is 0 Å². The Labute approximate surface area is 144 Å². The minimum atomic E-state index is -4.58. The van der Waals surface area contributed by atoms with E-state index in [4.69, 9.17) is 34.2 Å². The van der Waals surface area contributed by atoms with Gasteiger partial charge in [0.25, 0.3) is 0 Å². The van der Waals surface area contributed by atoms with E-state index in [1.165, 1.54) is 11.8 Å². The molecule has 1 aromatic heterocycles. The van der Waals surface area contributed by atoms with Gasteiger partial charge >= 0.3 is 6.18 Å². The Morgan fingerprint density at radius 3 is 2.35 bits per heavy atom. The molecule has 2 rings (SSSR count). The third-order valence-corrected chi connectivity index (χ3v) is 4.13. The van der Waals surface area contributed by atoms with Crippen molar-refractivity contribution in [1.29, 1.82) is 5.26 Å². The third kappa shape index (κ3) is 3.37. The number of benzene rings is 1. The Morgan fingerprint density at radius 2 is 1.91 bits per heavy atom. The molecule has 4 nitrogen and oxygen atoms in total. The fourth-order valence-electron chi connectivity index (χ4n) is 1.94. The quantitative estimate of drug-likeness (QED) is 0.849. The maximum absolute atomic E-state index is 12.8. The summed E-state index contributed by atoms with van der Waals surface area (Å²) in [5, 5.41) is 12.6. The van der Waals surface area contributed by atoms with Gasteiger partial charge in [-0.2, -0.15) is 35.3 Å². The van der Waals surface area contributed by atoms with Crippen LogP contribution in [0.2, 0.25) is 10.0 Å². The topological polar surface area (TPSA) is 67.6 Å². The van der Waals surface area contributed by atoms with E-state index in [2.05, 4.69) is 5.10 Å². The molecule has 0 radical (unpaired) electrons. The van der Waals surface area contributed by atoms with Crippen LogP contribution in [0, 0.1) is 11.3 Å². The molecule has 23 heavy (non-hydrogen) atoms. The van der Waals surface area contributed by atoms with Gasteiger partial charge in [-0.25, -0.2) is 4.68 Å². The van der Waals surface area contributed by atoms with E-state index in [0.717, 1.165) is 16.8 Å². The first-order valence-corrected chi connectivity index (χ1v) is 8.18. The molecule has 0 saturated heterocycles. The van der Waals surface area contributed by atoms with Gasteiger partial charge in [-0.3, -0.25) is 0 Å². The van der Waals surface area contributed by atoms with Crippen molar-refractivity contribution in [2.45, 2.75) is 11.9 Å². The number of nitriles is 1. The highest BCUT2D eigenvalue weighted by Gasteiger charge is 2.32. The zero-order valence-corrected chi connectivity index (χ0v) is 13.9. The molecule has 122 valence electrons. The number of nitrogens with two attached hydrogens (primary N) is 1. The lowest BCUT2D eigenvalue weighted by atomic mass is 10.2. The summed E-state index contributed by atoms with van der Waals surface area (Å²) in [5.74, 6) is 0.532. The second-order valence-electron chi connectivity index (χ2n) is 4.46. The Balaban J connectivity index is 2.67. The number of anilines is 1. The van der Waals surface area contributed by atoms with Gasteiger partial charge in [-0.15, -0.1) is 0 Å². The molecular formula is C13H9Cl2F3N4S. The molecule has 1 heterocycles. The third-order valence-electron chi connectivity index (χ3n) is 2.97. The number of hydrogen-bond donors (Lipinski definition) is 1. The first-order valence-electron chi connectivity index (χ1n) is 6.03. The van der Waals surface area contributed by atoms with Crippen LogP contribution in [0.3, 0.4) is 0 Å². The summed E-state index contributed by atoms with van der Waals surface area (Å²) >= 11 is 13.3. The molecule has 0 unspecified atom stereocenters. The van der Waals surface area contributed by atoms with E-state index < -0.39 is 11.7 Å². The molecule has 1 aromatic carbocycles. The molecular weight excluding hydrogens is 372 g/mol. The fourth-order valence-corrected chi connectivity index (χ4v) is 3.16. The highest BCUT2D eigenvalue weighted by Crippen LogP contribution is 2.38. The van der Waals surface area contributed by atoms with E-state index in [-0.39, 0.29) is 27.2 Å². The number of alkyl halides is 3. The van der Waals surface area contributed by atoms with Gasteiger partial charge in [0, 0.05) is 11.3 Å². The maximum atomic E-state index is 12.8. The zero-order chi connectivity index (χ0) is 17.4. The number of rotatable bonds is 3. The van der Waals surface area contributed by atoms with Crippen LogP contribution in [0.25, 0.3) is 5.69 Å². The minimum Gasteiger partial charge on any atom is -0.383 e. The van der Waals surface area contributed by atoms with Gasteiger partial charge in [-0.05, 0) is 18.4 Å². The molecule has 0 saturated carbocycles. The molecule has 0 fully saturated rings. The second-order valence-corrected chi connectivity index (χ2v) is 6.14. The normalized spacial score (nSPS) is 11.5. The Hall–Kier alpha value is -1.56. The lowest BCUT2D eigenvalue weighted by Gasteiger charge is -2.13. The van der Waals surface area contributed by atoms with Crippen LogP contribution in [0.5, 0.6) is 0 Å². The van der Waals surface area contributed by atoms with E-state index >= 15 is 0 Å². The number of thioether (sulfide) groups is 1. The lowest BCUT2D eigenvalue weighted by molar-refractivity contribution is -0.137. The smallest absolute Gasteiger partial charge is 0.383 e. The van der Waals surface area contributed by atoms with E-state index in [9.17, 15) is 13.2 Å². The summed E-state index contributed by atoms with van der Waals surface area (Å²) in [4.78, 5) is 0. The monoisotopic (exact) mass is 380 g/mol. The van der Waals surface area contributed by atoms with Crippen molar-refractivity contribution in [3.63, 3.8) is 0 Å². The molecule has 0 aliphatic heterocycles. The van der Waals surface area contributed by atoms with Crippen molar-refractivity contribution in [1.82, 2.24) is 9.78 Å². The van der Waals surface area contributed by atoms with Gasteiger partial charge in [-0.1, -0.05) is 23.2 Å². The van der Waals surface area contributed by atoms with Gasteiger partial charge in [0.15, 0.2) is 5.69 Å². The number of hydrogen-bond acceptors (Lipinski definition) is 4. The van der Waals surface area contributed by atoms with Gasteiger partial charge in [0.05, 0.1) is 15.6 Å². The predicted molar refractivity (Wildman–Crippen MR) is 84.9 cm³/mol. The molecule has 0 aliphatic carbocycles. The van der Waals surface area contributed by atoms with Crippen LogP contribution in [0.15, 0.2) is 12.1 Å². The molecule has 0 spiro atoms. The van der Waals surface area contributed by atoms with Gasteiger partial charge in [0.2, 0.25) is 0 Å². The van der Waals surface area contributed by atoms with Crippen molar-refractivity contribution in [2.75, 3.05) is 12.0 Å². The summed E-state index contributed by atoms with van der Waals surface area (Å²) in [6.45, 7) is 0. The largest absolute Gasteiger partial charge is 0.416 e. The SMILES string of the molecule is CSCc1c(C#N)nn(-c2c(Cl)cc(C(F)(F)F)cc2Cl)c1N. The highest BCUT2D eigenvalue weighted by atomic mass is 35.5. The predicted octanol–water partition coefficient (Wildman–Crippen LogP) is 4.51. The first kappa shape index (κ1) is 17.8. The number of halogens is 5. The van der Waals surface area contributed by atoms with Crippen LogP contribution in [-0.4, -0.2) is 16.0 Å². The van der Waals surface area contributed by atoms with Gasteiger partial charge < -0.3 is 5.73 Å². The zero-order valence-electron chi connectivity index (χ0n) is 11.6. The average molecular weight is 381 g/mol. The first-order chi connectivity index (χ1) is 10.7. The minimum absolute atomic E-state index is 0.00249. The number of nitrogens with zero attached hydrogens (tertiary/aromatic N) is 3. The Kier molecular flexibility index (Phi) is 5.04. The van der Waals surface area contributed by atoms with Gasteiger partial charge in [0.1, 0.15) is 17.6 Å². The van der Waals surface area contributed by atoms with Crippen molar-refractivity contribution >= 4 is 40.8 Å². The summed E-state index contributed by atoms with van der Waals surface area (Å²) in [6.07, 6.45) is -2.76. The van der Waals surface area contributed by atoms with Crippen LogP contribution in [-0.2, 0) is 11.9 Å². The molecule has 0 aliphatic rings. The van der Waals surface area contributed by atoms with Crippen molar-refractivity contribution < 1.29 is 13.2 Å². The lowest BCUT2D eigenvalue weighted by Crippen LogP contribution is -2.08. The van der Waals surface area contributed by atoms with E-state index in [1.807, 2.05) is 12.3 Å². The number of aromatic nitrogens is 2. The molecule has 0 atom stereocenters. The summed E-state index contributed by atoms with van der Waals surface area (Å²) in [7, 11) is 0. The fraction of sp³-hybridized carbons (Fsp3) is 0.231. The second kappa shape index (κ2) is 6.51. The maximum Gasteiger partial charge on any atom is 0.416 e. The van der Waals surface area contributed by atoms with Crippen molar-refractivity contribution in [2.24, 2.45) is 0 Å². The average Bonchev–Trinajstić information content (AvgIpc) is 2.75. The number of nitrogen functional groups attached to an aromatic ring is 1. The summed E-state index contributed by atoms with van der Waals surface area (Å²) < 4.78 is 39.4. The Morgan fingerprint density at radius 1 is 1.35 bits per heavy atom. The van der Waals surface area contributed by atoms with Crippen LogP contribution in [0.1, 0.15) is 16.8 Å². The van der Waals surface area contributed by atoms with E-state index in [0.29, 0.717) is 11.3 Å². The summed E-state index contributed by atoms with van der Waals surface area (Å²) in [5.41, 5.74) is 5.53. The van der Waals surface area contributed by atoms with Crippen LogP contribution < -0.4 is 5.73 Å². The van der Waals surface area contributed by atoms with Crippen molar-refractivity contribution in [3.05, 3.63) is 39.0 Å². The molecule has 0 bridgehead atoms. The standard InChI is InChI=1S/C13H9Cl2F3N4S/c1-23-5-7-10(4-19)21-22(12(7)20)11-8(14)2-6(3-9(11)15)13(16,17)18/h2-3H,5,20H2,1H3. The highest BCUT2D eigenvalue weighted by molar-refractivity contribution is 7.97. The summed E-state index contributed by atoms with van der Waals surface area (Å²) in [6, 6.07) is 3.38. The van der Waals surface area contributed by atoms with Crippen LogP contribution in [0.4, 0.5) is 19.0 Å². The van der Waals surface area contributed by atoms with Crippen molar-refractivity contribution in [3.8, 4) is 11.8 Å². The van der Waals surface area contributed by atoms with Crippen LogP contribution >= 0.6 is 35.0 Å². The Bertz CT molecular complexity index is 773. The molecule has 0 amide bonds.